The highest BCUT2D eigenvalue weighted by atomic mass is 16.6. The standard InChI is InChI=1S/C15H20N2O4.C13H18N2O3.C12H14N2O4.C12H16N2O2.C10H13N2O3.C10H12N2O2.C6H5N3O5.C6H7NO.C4H6O3.4CH4/c1-3-20-15(19)17-12-8-11-6-4-5-7-13(21-10(2)18)14(11)16-9-12;1-2-18-13(17)15-10-7-9-5-3-4-6-11(16)12(9)14-8-10;1-8(15)18-11-5-3-2-4-9-6-10(14(16)17)7-13-12(9)11;1-8(15)16-11-5-3-2-4-9-6-10(13)7-14-12(9)11;13-11-7-9(12(14)15)6-8-4-2-1-3-5-10(8)11;13-12(14)9-6-8-4-2-1-3-5-10(8)11-7-9;1-7-3-4(8(11)12)2-5(6(7)10)9(13)14;1-7-5-3-2-4-6(7)8;1-3(5)7-4(2)6;;;;/h8-9,13H,3-7H2,1-2H3,(H,17,19);7-8,11,16H,2-6H2,1H3,(H,15,17);6-7,11H,2-5H2,1H3;6-7,11H,2-5,13H2,1H3;6-7,13H,1-5H2;6-7H,1-5H2;2-3H,1H3;2-5H,1H3;1-2H3;4*1H4/q;;;;+1;;;;;;;;. The molecule has 0 bridgehead atoms. The minimum atomic E-state index is -0.949. The van der Waals surface area contributed by atoms with Crippen LogP contribution in [0.25, 0.3) is 0 Å². The van der Waals surface area contributed by atoms with Crippen molar-refractivity contribution in [2.24, 2.45) is 14.1 Å². The fourth-order valence-corrected chi connectivity index (χ4v) is 14.4. The third-order valence-electron chi connectivity index (χ3n) is 20.3. The summed E-state index contributed by atoms with van der Waals surface area (Å²) >= 11 is 0. The molecule has 0 saturated carbocycles. The number of nitrogens with zero attached hydrogens (tertiary/aromatic N) is 13. The Morgan fingerprint density at radius 1 is 0.452 bits per heavy atom. The van der Waals surface area contributed by atoms with Crippen LogP contribution in [0.3, 0.4) is 0 Å². The van der Waals surface area contributed by atoms with E-state index in [-0.39, 0.29) is 93.5 Å². The summed E-state index contributed by atoms with van der Waals surface area (Å²) in [7, 11) is 2.94. The monoisotopic (exact) mass is 1890 g/mol. The van der Waals surface area contributed by atoms with Crippen molar-refractivity contribution in [2.75, 3.05) is 29.6 Å². The summed E-state index contributed by atoms with van der Waals surface area (Å²) in [6, 6.07) is 16.2. The molecule has 4 atom stereocenters. The fraction of sp³-hybridized carbons (Fsp3) is 0.489. The molecular weight excluding hydrogens is 1760 g/mol. The van der Waals surface area contributed by atoms with Crippen molar-refractivity contribution >= 4 is 87.5 Å². The van der Waals surface area contributed by atoms with Gasteiger partial charge < -0.3 is 48.4 Å². The van der Waals surface area contributed by atoms with Gasteiger partial charge in [0.15, 0.2) is 0 Å². The number of aliphatic hydroxyl groups excluding tert-OH is 1. The number of hydrogen-bond donors (Lipinski definition) is 5. The van der Waals surface area contributed by atoms with E-state index in [1.54, 1.807) is 63.9 Å². The molecule has 0 aliphatic heterocycles. The predicted molar refractivity (Wildman–Crippen MR) is 498 cm³/mol. The first-order valence-corrected chi connectivity index (χ1v) is 42.6. The maximum Gasteiger partial charge on any atom is 0.411 e. The largest absolute Gasteiger partial charge is 0.456 e. The Labute approximate surface area is 782 Å². The van der Waals surface area contributed by atoms with Crippen molar-refractivity contribution in [3.05, 3.63) is 249 Å². The molecule has 4 unspecified atom stereocenters. The van der Waals surface area contributed by atoms with E-state index in [0.717, 1.165) is 238 Å². The number of nitrogens with two attached hydrogens (primary N) is 1. The average molecular weight is 1890 g/mol. The molecule has 736 valence electrons. The van der Waals surface area contributed by atoms with Crippen LogP contribution in [0.2, 0.25) is 0 Å². The molecule has 6 N–H and O–H groups in total. The Morgan fingerprint density at radius 2 is 0.844 bits per heavy atom. The fourth-order valence-electron chi connectivity index (χ4n) is 14.4. The molecule has 43 nitrogen and oxygen atoms in total. The summed E-state index contributed by atoms with van der Waals surface area (Å²) in [6.07, 6.45) is 33.6. The molecule has 8 heterocycles. The predicted octanol–water partition coefficient (Wildman–Crippen LogP) is 16.6. The molecular formula is C92H127N16O27+. The van der Waals surface area contributed by atoms with E-state index < -0.39 is 66.9 Å². The Hall–Kier alpha value is -14.6. The summed E-state index contributed by atoms with van der Waals surface area (Å²) < 4.78 is 32.7. The van der Waals surface area contributed by atoms with Gasteiger partial charge >= 0.3 is 59.0 Å². The first-order chi connectivity index (χ1) is 62.4. The minimum Gasteiger partial charge on any atom is -0.456 e. The molecule has 2 amide bonds. The molecule has 14 rings (SSSR count). The first kappa shape index (κ1) is 117. The van der Waals surface area contributed by atoms with Gasteiger partial charge in [0.05, 0.1) is 109 Å². The first-order valence-electron chi connectivity index (χ1n) is 42.6. The third-order valence-corrected chi connectivity index (χ3v) is 20.3. The maximum atomic E-state index is 11.4. The lowest BCUT2D eigenvalue weighted by molar-refractivity contribution is -0.910. The van der Waals surface area contributed by atoms with Gasteiger partial charge in [0, 0.05) is 102 Å². The number of rotatable bonds is 12. The molecule has 6 aliphatic carbocycles. The van der Waals surface area contributed by atoms with Crippen LogP contribution in [0.1, 0.15) is 286 Å². The number of aryl methyl sites for hydroxylation is 9. The number of anilines is 3. The van der Waals surface area contributed by atoms with Gasteiger partial charge in [-0.05, 0) is 207 Å². The number of aliphatic hydroxyl groups is 1. The number of carbonyl (C=O) groups excluding carboxylic acids is 7. The zero-order valence-electron chi connectivity index (χ0n) is 74.5. The van der Waals surface area contributed by atoms with Gasteiger partial charge in [-0.3, -0.25) is 120 Å². The number of hydrogen-bond acceptors (Lipinski definition) is 33. The topological polar surface area (TPSA) is 593 Å². The number of pyridine rings is 8. The second kappa shape index (κ2) is 59.8. The van der Waals surface area contributed by atoms with Crippen molar-refractivity contribution in [3.63, 3.8) is 0 Å². The second-order valence-corrected chi connectivity index (χ2v) is 30.5. The van der Waals surface area contributed by atoms with E-state index >= 15 is 0 Å². The van der Waals surface area contributed by atoms with E-state index in [9.17, 15) is 104 Å². The van der Waals surface area contributed by atoms with Crippen LogP contribution < -0.4 is 32.2 Å². The van der Waals surface area contributed by atoms with Crippen molar-refractivity contribution in [1.29, 1.82) is 0 Å². The maximum absolute atomic E-state index is 11.4. The van der Waals surface area contributed by atoms with Gasteiger partial charge in [0.1, 0.15) is 36.8 Å². The molecule has 8 aromatic heterocycles. The Kier molecular flexibility index (Phi) is 51.6. The smallest absolute Gasteiger partial charge is 0.411 e. The van der Waals surface area contributed by atoms with Crippen molar-refractivity contribution < 1.29 is 102 Å². The molecule has 8 aromatic rings. The van der Waals surface area contributed by atoms with Gasteiger partial charge in [-0.25, -0.2) is 14.6 Å². The van der Waals surface area contributed by atoms with E-state index in [4.69, 9.17) is 29.4 Å². The summed E-state index contributed by atoms with van der Waals surface area (Å²) in [5.74, 6) is -2.03. The number of esters is 5. The van der Waals surface area contributed by atoms with Gasteiger partial charge in [0.2, 0.25) is 11.3 Å². The average Bonchev–Trinajstić information content (AvgIpc) is 1.80. The molecule has 0 fully saturated rings. The zero-order valence-corrected chi connectivity index (χ0v) is 74.5. The van der Waals surface area contributed by atoms with Gasteiger partial charge in [-0.2, -0.15) is 0 Å². The summed E-state index contributed by atoms with van der Waals surface area (Å²) in [5.41, 5.74) is 16.4. The van der Waals surface area contributed by atoms with Crippen molar-refractivity contribution in [3.8, 4) is 0 Å². The minimum absolute atomic E-state index is 0. The van der Waals surface area contributed by atoms with Crippen LogP contribution in [-0.4, -0.2) is 124 Å². The van der Waals surface area contributed by atoms with Crippen LogP contribution in [0.15, 0.2) is 120 Å². The number of ether oxygens (including phenoxy) is 6. The number of nitro groups is 5. The molecule has 0 aromatic carbocycles. The summed E-state index contributed by atoms with van der Waals surface area (Å²) in [5, 5.41) is 77.3. The number of carbonyl (C=O) groups is 7. The van der Waals surface area contributed by atoms with Crippen LogP contribution in [0.5, 0.6) is 0 Å². The number of nitrogen functional groups attached to an aromatic ring is 1. The highest BCUT2D eigenvalue weighted by molar-refractivity contribution is 5.85. The van der Waals surface area contributed by atoms with Crippen molar-refractivity contribution in [2.45, 2.75) is 270 Å². The Balaban J connectivity index is 0.000000518. The molecule has 43 heteroatoms. The Morgan fingerprint density at radius 3 is 1.28 bits per heavy atom. The highest BCUT2D eigenvalue weighted by Gasteiger charge is 2.30. The summed E-state index contributed by atoms with van der Waals surface area (Å²) in [6.45, 7) is 10.7. The number of amides is 2. The lowest BCUT2D eigenvalue weighted by Crippen LogP contribution is -2.36. The van der Waals surface area contributed by atoms with E-state index in [2.05, 4.69) is 40.3 Å². The Bertz CT molecular complexity index is 5440. The van der Waals surface area contributed by atoms with Crippen LogP contribution in [0.4, 0.5) is 55.1 Å². The van der Waals surface area contributed by atoms with Gasteiger partial charge in [-0.1, -0.05) is 55.0 Å². The lowest BCUT2D eigenvalue weighted by atomic mass is 10.1. The van der Waals surface area contributed by atoms with Crippen molar-refractivity contribution in [1.82, 2.24) is 34.1 Å². The molecule has 0 saturated heterocycles. The molecule has 0 radical (unpaired) electrons. The van der Waals surface area contributed by atoms with E-state index in [0.29, 0.717) is 42.0 Å². The lowest BCUT2D eigenvalue weighted by Gasteiger charge is -2.17. The zero-order chi connectivity index (χ0) is 96.4. The summed E-state index contributed by atoms with van der Waals surface area (Å²) in [4.78, 5) is 168. The highest BCUT2D eigenvalue weighted by Crippen LogP contribution is 2.36. The number of aromatic nitrogens is 8. The van der Waals surface area contributed by atoms with Crippen LogP contribution >= 0.6 is 0 Å². The SMILES string of the molecule is C.C.C.C.CC(=O)OC(C)=O.CC(=O)OC1CCCCc2cc(N)cnc21.CC(=O)OC1CCCCc2cc([N+](=O)[O-])cnc21.CCOC(=O)Nc1cnc2c(c1)CCCCC2O.CCOC(=O)Nc1cnc2c(c1)CCCCC2OC(C)=O.Cn1cc([N+](=O)[O-])cc([N+](=O)[O-])c1=O.Cn1ccccc1=O.O=[N+]([O-])c1cc2c([n+](O)c1)CCCCC2.O=[N+]([O-])c1cnc2c(c1)CCCCC2. The quantitative estimate of drug-likeness (QED) is 0.0111. The molecule has 135 heavy (non-hydrogen) atoms. The number of fused-ring (bicyclic) bond motifs is 6. The van der Waals surface area contributed by atoms with Gasteiger partial charge in [0.25, 0.3) is 23.3 Å². The molecule has 6 aliphatic rings. The van der Waals surface area contributed by atoms with Crippen LogP contribution in [-0.2, 0) is 118 Å². The van der Waals surface area contributed by atoms with E-state index in [1.807, 2.05) is 24.3 Å². The second-order valence-electron chi connectivity index (χ2n) is 30.5. The van der Waals surface area contributed by atoms with E-state index in [1.165, 1.54) is 83.4 Å². The van der Waals surface area contributed by atoms with Crippen LogP contribution in [0, 0.1) is 50.6 Å². The third kappa shape index (κ3) is 39.8. The molecule has 0 spiro atoms. The van der Waals surface area contributed by atoms with Gasteiger partial charge in [-0.15, -0.1) is 0 Å². The number of nitrogens with one attached hydrogen (secondary N) is 2. The normalized spacial score (nSPS) is 15.3.